The molecule has 0 bridgehead atoms. The molecule has 0 saturated carbocycles. The van der Waals surface area contributed by atoms with Crippen LogP contribution in [0.4, 0.5) is 13.2 Å². The zero-order valence-electron chi connectivity index (χ0n) is 12.1. The molecule has 0 aliphatic carbocycles. The van der Waals surface area contributed by atoms with Crippen LogP contribution in [0.25, 0.3) is 0 Å². The number of hydrogen-bond donors (Lipinski definition) is 0. The second kappa shape index (κ2) is 8.43. The number of esters is 1. The van der Waals surface area contributed by atoms with Crippen LogP contribution in [0.2, 0.25) is 0 Å². The van der Waals surface area contributed by atoms with Crippen molar-refractivity contribution >= 4 is 5.97 Å². The molecule has 0 aliphatic rings. The van der Waals surface area contributed by atoms with Crippen LogP contribution in [-0.2, 0) is 9.53 Å². The largest absolute Gasteiger partial charge is 0.490 e. The molecule has 0 amide bonds. The summed E-state index contributed by atoms with van der Waals surface area (Å²) in [5.74, 6) is -2.07. The molecular formula is C14H25F3O2. The van der Waals surface area contributed by atoms with E-state index in [1.165, 1.54) is 0 Å². The van der Waals surface area contributed by atoms with Gasteiger partial charge in [-0.3, -0.25) is 0 Å². The van der Waals surface area contributed by atoms with Gasteiger partial charge in [0.05, 0.1) is 0 Å². The monoisotopic (exact) mass is 282 g/mol. The van der Waals surface area contributed by atoms with Gasteiger partial charge in [0, 0.05) is 0 Å². The Labute approximate surface area is 113 Å². The van der Waals surface area contributed by atoms with Crippen LogP contribution in [0.5, 0.6) is 0 Å². The molecule has 0 radical (unpaired) electrons. The number of alkyl halides is 3. The van der Waals surface area contributed by atoms with Crippen LogP contribution in [-0.4, -0.2) is 17.7 Å². The third kappa shape index (κ3) is 8.11. The third-order valence-electron chi connectivity index (χ3n) is 3.19. The highest BCUT2D eigenvalue weighted by molar-refractivity contribution is 5.76. The lowest BCUT2D eigenvalue weighted by molar-refractivity contribution is -0.214. The van der Waals surface area contributed by atoms with E-state index >= 15 is 0 Å². The second-order valence-corrected chi connectivity index (χ2v) is 5.25. The van der Waals surface area contributed by atoms with E-state index in [1.54, 1.807) is 6.92 Å². The van der Waals surface area contributed by atoms with Crippen molar-refractivity contribution < 1.29 is 22.7 Å². The van der Waals surface area contributed by atoms with E-state index in [9.17, 15) is 18.0 Å². The van der Waals surface area contributed by atoms with E-state index in [0.29, 0.717) is 12.8 Å². The molecule has 19 heavy (non-hydrogen) atoms. The Balaban J connectivity index is 4.50. The van der Waals surface area contributed by atoms with Crippen LogP contribution in [0.15, 0.2) is 0 Å². The van der Waals surface area contributed by atoms with Crippen molar-refractivity contribution in [3.8, 4) is 0 Å². The Morgan fingerprint density at radius 1 is 0.947 bits per heavy atom. The average Bonchev–Trinajstić information content (AvgIpc) is 2.28. The highest BCUT2D eigenvalue weighted by atomic mass is 19.4. The molecular weight excluding hydrogens is 257 g/mol. The SMILES string of the molecule is CCCCCC(C)(CCCCC)OC(=O)C(F)(F)F. The van der Waals surface area contributed by atoms with Crippen molar-refractivity contribution in [2.45, 2.75) is 83.9 Å². The lowest BCUT2D eigenvalue weighted by Gasteiger charge is -2.30. The van der Waals surface area contributed by atoms with Gasteiger partial charge in [0.15, 0.2) is 0 Å². The molecule has 5 heteroatoms. The molecule has 0 N–H and O–H groups in total. The minimum atomic E-state index is -4.91. The smallest absolute Gasteiger partial charge is 0.453 e. The Kier molecular flexibility index (Phi) is 8.11. The van der Waals surface area contributed by atoms with Crippen LogP contribution in [0, 0.1) is 0 Å². The molecule has 0 saturated heterocycles. The number of rotatable bonds is 9. The van der Waals surface area contributed by atoms with Gasteiger partial charge in [-0.05, 0) is 32.6 Å². The number of halogens is 3. The van der Waals surface area contributed by atoms with Crippen LogP contribution in [0.3, 0.4) is 0 Å². The number of unbranched alkanes of at least 4 members (excludes halogenated alkanes) is 4. The first kappa shape index (κ1) is 18.3. The molecule has 0 rings (SSSR count). The Bertz CT molecular complexity index is 252. The van der Waals surface area contributed by atoms with Gasteiger partial charge in [-0.2, -0.15) is 13.2 Å². The van der Waals surface area contributed by atoms with Crippen LogP contribution >= 0.6 is 0 Å². The highest BCUT2D eigenvalue weighted by Gasteiger charge is 2.44. The summed E-state index contributed by atoms with van der Waals surface area (Å²) < 4.78 is 41.6. The van der Waals surface area contributed by atoms with Crippen molar-refractivity contribution in [3.05, 3.63) is 0 Å². The summed E-state index contributed by atoms with van der Waals surface area (Å²) in [7, 11) is 0. The summed E-state index contributed by atoms with van der Waals surface area (Å²) in [5.41, 5.74) is -0.989. The quantitative estimate of drug-likeness (QED) is 0.439. The number of ether oxygens (including phenoxy) is 1. The summed E-state index contributed by atoms with van der Waals surface area (Å²) >= 11 is 0. The summed E-state index contributed by atoms with van der Waals surface area (Å²) in [4.78, 5) is 11.0. The van der Waals surface area contributed by atoms with Gasteiger partial charge in [-0.15, -0.1) is 0 Å². The highest BCUT2D eigenvalue weighted by Crippen LogP contribution is 2.29. The number of hydrogen-bond acceptors (Lipinski definition) is 2. The molecule has 0 atom stereocenters. The molecule has 0 fully saturated rings. The Hall–Kier alpha value is -0.740. The Morgan fingerprint density at radius 2 is 1.37 bits per heavy atom. The van der Waals surface area contributed by atoms with Gasteiger partial charge >= 0.3 is 12.1 Å². The first-order valence-electron chi connectivity index (χ1n) is 7.05. The molecule has 0 unspecified atom stereocenters. The lowest BCUT2D eigenvalue weighted by Crippen LogP contribution is -2.37. The van der Waals surface area contributed by atoms with Gasteiger partial charge in [-0.25, -0.2) is 4.79 Å². The predicted molar refractivity (Wildman–Crippen MR) is 68.8 cm³/mol. The van der Waals surface area contributed by atoms with E-state index in [2.05, 4.69) is 0 Å². The van der Waals surface area contributed by atoms with Gasteiger partial charge in [0.25, 0.3) is 0 Å². The average molecular weight is 282 g/mol. The lowest BCUT2D eigenvalue weighted by atomic mass is 9.92. The summed E-state index contributed by atoms with van der Waals surface area (Å²) in [6, 6.07) is 0. The maximum atomic E-state index is 12.3. The van der Waals surface area contributed by atoms with Crippen LogP contribution < -0.4 is 0 Å². The zero-order valence-corrected chi connectivity index (χ0v) is 12.1. The molecule has 0 aromatic rings. The first-order chi connectivity index (χ1) is 8.75. The molecule has 0 aromatic heterocycles. The summed E-state index contributed by atoms with van der Waals surface area (Å²) in [5, 5.41) is 0. The summed E-state index contributed by atoms with van der Waals surface area (Å²) in [6.07, 6.45) is 1.49. The van der Waals surface area contributed by atoms with Gasteiger partial charge in [-0.1, -0.05) is 39.5 Å². The standard InChI is InChI=1S/C14H25F3O2/c1-4-6-8-10-13(3,11-9-7-5-2)19-12(18)14(15,16)17/h4-11H2,1-3H3. The predicted octanol–water partition coefficient (Wildman–Crippen LogP) is 5.01. The second-order valence-electron chi connectivity index (χ2n) is 5.25. The van der Waals surface area contributed by atoms with Crippen molar-refractivity contribution in [2.75, 3.05) is 0 Å². The van der Waals surface area contributed by atoms with Crippen molar-refractivity contribution in [1.29, 1.82) is 0 Å². The van der Waals surface area contributed by atoms with Gasteiger partial charge < -0.3 is 4.74 Å². The molecule has 0 spiro atoms. The molecule has 0 aromatic carbocycles. The van der Waals surface area contributed by atoms with E-state index < -0.39 is 17.7 Å². The van der Waals surface area contributed by atoms with E-state index in [4.69, 9.17) is 4.74 Å². The molecule has 114 valence electrons. The van der Waals surface area contributed by atoms with Crippen molar-refractivity contribution in [1.82, 2.24) is 0 Å². The van der Waals surface area contributed by atoms with E-state index in [1.807, 2.05) is 13.8 Å². The minimum Gasteiger partial charge on any atom is -0.453 e. The van der Waals surface area contributed by atoms with Crippen LogP contribution in [0.1, 0.15) is 72.1 Å². The third-order valence-corrected chi connectivity index (χ3v) is 3.19. The fraction of sp³-hybridized carbons (Fsp3) is 0.929. The number of carbonyl (C=O) groups excluding carboxylic acids is 1. The normalized spacial score (nSPS) is 12.5. The molecule has 0 heterocycles. The summed E-state index contributed by atoms with van der Waals surface area (Å²) in [6.45, 7) is 5.66. The first-order valence-corrected chi connectivity index (χ1v) is 7.05. The maximum Gasteiger partial charge on any atom is 0.490 e. The van der Waals surface area contributed by atoms with Gasteiger partial charge in [0.2, 0.25) is 0 Å². The van der Waals surface area contributed by atoms with Gasteiger partial charge in [0.1, 0.15) is 5.60 Å². The maximum absolute atomic E-state index is 12.3. The molecule has 0 aliphatic heterocycles. The molecule has 2 nitrogen and oxygen atoms in total. The topological polar surface area (TPSA) is 26.3 Å². The fourth-order valence-electron chi connectivity index (χ4n) is 2.01. The Morgan fingerprint density at radius 3 is 1.68 bits per heavy atom. The van der Waals surface area contributed by atoms with E-state index in [0.717, 1.165) is 38.5 Å². The zero-order chi connectivity index (χ0) is 14.9. The minimum absolute atomic E-state index is 0.492. The van der Waals surface area contributed by atoms with Crippen molar-refractivity contribution in [3.63, 3.8) is 0 Å². The number of carbonyl (C=O) groups is 1. The van der Waals surface area contributed by atoms with E-state index in [-0.39, 0.29) is 0 Å². The fourth-order valence-corrected chi connectivity index (χ4v) is 2.01. The van der Waals surface area contributed by atoms with Crippen molar-refractivity contribution in [2.24, 2.45) is 0 Å².